The van der Waals surface area contributed by atoms with Crippen molar-refractivity contribution < 1.29 is 4.74 Å². The summed E-state index contributed by atoms with van der Waals surface area (Å²) >= 11 is 0. The molecule has 6 nitrogen and oxygen atoms in total. The smallest absolute Gasteiger partial charge is 0.222 e. The zero-order chi connectivity index (χ0) is 14.7. The lowest BCUT2D eigenvalue weighted by atomic mass is 10.2. The Hall–Kier alpha value is -2.05. The average Bonchev–Trinajstić information content (AvgIpc) is 2.48. The van der Waals surface area contributed by atoms with Gasteiger partial charge >= 0.3 is 0 Å². The van der Waals surface area contributed by atoms with Crippen LogP contribution in [0, 0.1) is 6.92 Å². The van der Waals surface area contributed by atoms with E-state index in [1.807, 2.05) is 25.1 Å². The number of anilines is 4. The zero-order valence-corrected chi connectivity index (χ0v) is 13.3. The van der Waals surface area contributed by atoms with Crippen LogP contribution in [0.15, 0.2) is 30.3 Å². The first-order valence-electron chi connectivity index (χ1n) is 7.02. The second-order valence-electron chi connectivity index (χ2n) is 5.02. The van der Waals surface area contributed by atoms with Crippen molar-refractivity contribution >= 4 is 35.5 Å². The molecule has 0 aliphatic carbocycles. The molecule has 1 saturated heterocycles. The summed E-state index contributed by atoms with van der Waals surface area (Å²) in [5, 5.41) is 3.24. The van der Waals surface area contributed by atoms with Crippen molar-refractivity contribution in [3.8, 4) is 0 Å². The monoisotopic (exact) mass is 321 g/mol. The summed E-state index contributed by atoms with van der Waals surface area (Å²) in [6, 6.07) is 10.2. The number of nitrogens with two attached hydrogens (primary N) is 1. The van der Waals surface area contributed by atoms with E-state index in [-0.39, 0.29) is 18.4 Å². The Labute approximate surface area is 136 Å². The molecule has 2 heterocycles. The van der Waals surface area contributed by atoms with E-state index in [9.17, 15) is 0 Å². The fourth-order valence-electron chi connectivity index (χ4n) is 2.38. The lowest BCUT2D eigenvalue weighted by Gasteiger charge is -2.28. The van der Waals surface area contributed by atoms with Crippen LogP contribution in [0.5, 0.6) is 0 Å². The molecule has 3 N–H and O–H groups in total. The van der Waals surface area contributed by atoms with E-state index in [1.165, 1.54) is 5.69 Å². The van der Waals surface area contributed by atoms with Crippen molar-refractivity contribution in [3.63, 3.8) is 0 Å². The maximum Gasteiger partial charge on any atom is 0.222 e. The third-order valence-corrected chi connectivity index (χ3v) is 3.39. The first kappa shape index (κ1) is 16.3. The molecular weight excluding hydrogens is 302 g/mol. The van der Waals surface area contributed by atoms with Gasteiger partial charge in [0.1, 0.15) is 5.82 Å². The van der Waals surface area contributed by atoms with Crippen LogP contribution in [0.4, 0.5) is 23.1 Å². The van der Waals surface area contributed by atoms with Gasteiger partial charge in [-0.2, -0.15) is 4.98 Å². The van der Waals surface area contributed by atoms with E-state index in [1.54, 1.807) is 0 Å². The predicted octanol–water partition coefficient (Wildman–Crippen LogP) is 2.37. The van der Waals surface area contributed by atoms with Crippen molar-refractivity contribution in [2.24, 2.45) is 0 Å². The lowest BCUT2D eigenvalue weighted by molar-refractivity contribution is 0.122. The van der Waals surface area contributed by atoms with Crippen LogP contribution in [0.2, 0.25) is 0 Å². The zero-order valence-electron chi connectivity index (χ0n) is 12.5. The highest BCUT2D eigenvalue weighted by molar-refractivity contribution is 5.85. The molecule has 0 atom stereocenters. The van der Waals surface area contributed by atoms with Crippen LogP contribution < -0.4 is 16.0 Å². The van der Waals surface area contributed by atoms with Crippen molar-refractivity contribution in [1.29, 1.82) is 0 Å². The first-order chi connectivity index (χ1) is 10.2. The Morgan fingerprint density at radius 1 is 1.14 bits per heavy atom. The molecule has 0 amide bonds. The van der Waals surface area contributed by atoms with Gasteiger partial charge in [-0.15, -0.1) is 12.4 Å². The molecule has 3 rings (SSSR count). The molecule has 22 heavy (non-hydrogen) atoms. The lowest BCUT2D eigenvalue weighted by Crippen LogP contribution is -2.36. The molecule has 0 unspecified atom stereocenters. The third kappa shape index (κ3) is 3.99. The molecule has 2 aromatic rings. The molecule has 1 aromatic heterocycles. The SMILES string of the molecule is Cc1cc(Nc2ccc(N3CCOCC3)cc2)nc(N)n1.Cl. The highest BCUT2D eigenvalue weighted by Gasteiger charge is 2.10. The van der Waals surface area contributed by atoms with E-state index in [0.29, 0.717) is 5.82 Å². The van der Waals surface area contributed by atoms with Crippen LogP contribution in [-0.2, 0) is 4.74 Å². The number of morpholine rings is 1. The van der Waals surface area contributed by atoms with Crippen molar-refractivity contribution in [3.05, 3.63) is 36.0 Å². The van der Waals surface area contributed by atoms with Gasteiger partial charge in [-0.25, -0.2) is 4.98 Å². The Balaban J connectivity index is 0.00000176. The van der Waals surface area contributed by atoms with Gasteiger partial charge in [-0.3, -0.25) is 0 Å². The Kier molecular flexibility index (Phi) is 5.41. The largest absolute Gasteiger partial charge is 0.378 e. The van der Waals surface area contributed by atoms with Gasteiger partial charge < -0.3 is 20.7 Å². The van der Waals surface area contributed by atoms with Gasteiger partial charge in [0.05, 0.1) is 13.2 Å². The normalized spacial score (nSPS) is 14.3. The molecule has 7 heteroatoms. The third-order valence-electron chi connectivity index (χ3n) is 3.39. The second-order valence-corrected chi connectivity index (χ2v) is 5.02. The van der Waals surface area contributed by atoms with Gasteiger partial charge in [-0.1, -0.05) is 0 Å². The Morgan fingerprint density at radius 3 is 2.45 bits per heavy atom. The Morgan fingerprint density at radius 2 is 1.82 bits per heavy atom. The summed E-state index contributed by atoms with van der Waals surface area (Å²) in [4.78, 5) is 10.5. The van der Waals surface area contributed by atoms with E-state index >= 15 is 0 Å². The highest BCUT2D eigenvalue weighted by atomic mass is 35.5. The average molecular weight is 322 g/mol. The van der Waals surface area contributed by atoms with Gasteiger partial charge in [0.15, 0.2) is 0 Å². The van der Waals surface area contributed by atoms with E-state index in [0.717, 1.165) is 37.7 Å². The summed E-state index contributed by atoms with van der Waals surface area (Å²) in [5.74, 6) is 0.988. The number of aryl methyl sites for hydroxylation is 1. The Bertz CT molecular complexity index is 594. The first-order valence-corrected chi connectivity index (χ1v) is 7.02. The second kappa shape index (κ2) is 7.29. The summed E-state index contributed by atoms with van der Waals surface area (Å²) in [6.07, 6.45) is 0. The number of aromatic nitrogens is 2. The topological polar surface area (TPSA) is 76.3 Å². The molecule has 0 radical (unpaired) electrons. The number of halogens is 1. The standard InChI is InChI=1S/C15H19N5O.ClH/c1-11-10-14(19-15(16)17-11)18-12-2-4-13(5-3-12)20-6-8-21-9-7-20;/h2-5,10H,6-9H2,1H3,(H3,16,17,18,19);1H. The van der Waals surface area contributed by atoms with Crippen molar-refractivity contribution in [2.75, 3.05) is 42.3 Å². The fourth-order valence-corrected chi connectivity index (χ4v) is 2.38. The molecule has 0 saturated carbocycles. The number of nitrogen functional groups attached to an aromatic ring is 1. The summed E-state index contributed by atoms with van der Waals surface area (Å²) in [6.45, 7) is 5.35. The quantitative estimate of drug-likeness (QED) is 0.904. The van der Waals surface area contributed by atoms with Crippen LogP contribution in [0.25, 0.3) is 0 Å². The fraction of sp³-hybridized carbons (Fsp3) is 0.333. The molecule has 1 aromatic carbocycles. The summed E-state index contributed by atoms with van der Waals surface area (Å²) < 4.78 is 5.37. The minimum Gasteiger partial charge on any atom is -0.378 e. The molecule has 0 spiro atoms. The van der Waals surface area contributed by atoms with Crippen molar-refractivity contribution in [1.82, 2.24) is 9.97 Å². The maximum atomic E-state index is 5.65. The number of ether oxygens (including phenoxy) is 1. The van der Waals surface area contributed by atoms with Gasteiger partial charge in [0.2, 0.25) is 5.95 Å². The molecule has 0 bridgehead atoms. The van der Waals surface area contributed by atoms with Crippen LogP contribution in [0.1, 0.15) is 5.69 Å². The number of hydrogen-bond acceptors (Lipinski definition) is 6. The van der Waals surface area contributed by atoms with Crippen molar-refractivity contribution in [2.45, 2.75) is 6.92 Å². The maximum absolute atomic E-state index is 5.65. The number of nitrogens with one attached hydrogen (secondary N) is 1. The minimum atomic E-state index is 0. The van der Waals surface area contributed by atoms with Crippen LogP contribution >= 0.6 is 12.4 Å². The minimum absolute atomic E-state index is 0. The predicted molar refractivity (Wildman–Crippen MR) is 91.2 cm³/mol. The summed E-state index contributed by atoms with van der Waals surface area (Å²) in [7, 11) is 0. The number of hydrogen-bond donors (Lipinski definition) is 2. The van der Waals surface area contributed by atoms with Crippen LogP contribution in [0.3, 0.4) is 0 Å². The van der Waals surface area contributed by atoms with Gasteiger partial charge in [-0.05, 0) is 31.2 Å². The number of benzene rings is 1. The molecule has 118 valence electrons. The summed E-state index contributed by atoms with van der Waals surface area (Å²) in [5.41, 5.74) is 8.68. The van der Waals surface area contributed by atoms with E-state index < -0.39 is 0 Å². The molecule has 1 aliphatic rings. The number of nitrogens with zero attached hydrogens (tertiary/aromatic N) is 3. The van der Waals surface area contributed by atoms with Gasteiger partial charge in [0, 0.05) is 36.2 Å². The van der Waals surface area contributed by atoms with Crippen LogP contribution in [-0.4, -0.2) is 36.3 Å². The highest BCUT2D eigenvalue weighted by Crippen LogP contribution is 2.21. The number of rotatable bonds is 3. The molecule has 1 fully saturated rings. The van der Waals surface area contributed by atoms with Gasteiger partial charge in [0.25, 0.3) is 0 Å². The van der Waals surface area contributed by atoms with E-state index in [2.05, 4.69) is 32.3 Å². The molecule has 1 aliphatic heterocycles. The van der Waals surface area contributed by atoms with E-state index in [4.69, 9.17) is 10.5 Å². The molecular formula is C15H20ClN5O.